The zero-order valence-corrected chi connectivity index (χ0v) is 16.6. The summed E-state index contributed by atoms with van der Waals surface area (Å²) in [5, 5.41) is 10.3. The molecule has 4 rings (SSSR count). The highest BCUT2D eigenvalue weighted by molar-refractivity contribution is 7.98. The first kappa shape index (κ1) is 18.2. The SMILES string of the molecule is CCn1c(Cc2ccccc2)nnc1SCc1cc(Cl)c2c(c1)OCCO2. The van der Waals surface area contributed by atoms with Crippen molar-refractivity contribution < 1.29 is 9.47 Å². The van der Waals surface area contributed by atoms with Gasteiger partial charge in [-0.15, -0.1) is 10.2 Å². The molecule has 27 heavy (non-hydrogen) atoms. The predicted octanol–water partition coefficient (Wildman–Crippen LogP) is 4.61. The molecule has 0 saturated carbocycles. The first-order chi connectivity index (χ1) is 13.2. The number of hydrogen-bond donors (Lipinski definition) is 0. The van der Waals surface area contributed by atoms with Crippen LogP contribution in [0.25, 0.3) is 0 Å². The molecule has 2 heterocycles. The summed E-state index contributed by atoms with van der Waals surface area (Å²) >= 11 is 7.98. The lowest BCUT2D eigenvalue weighted by atomic mass is 10.1. The molecular formula is C20H20ClN3O2S. The highest BCUT2D eigenvalue weighted by atomic mass is 35.5. The molecule has 1 aliphatic rings. The molecular weight excluding hydrogens is 382 g/mol. The van der Waals surface area contributed by atoms with Gasteiger partial charge in [-0.1, -0.05) is 53.7 Å². The zero-order chi connectivity index (χ0) is 18.6. The van der Waals surface area contributed by atoms with Crippen molar-refractivity contribution in [2.45, 2.75) is 30.8 Å². The number of benzene rings is 2. The van der Waals surface area contributed by atoms with Crippen LogP contribution in [0.15, 0.2) is 47.6 Å². The lowest BCUT2D eigenvalue weighted by Crippen LogP contribution is -2.15. The second-order valence-corrected chi connectivity index (χ2v) is 7.55. The maximum Gasteiger partial charge on any atom is 0.191 e. The van der Waals surface area contributed by atoms with E-state index in [1.807, 2.05) is 30.3 Å². The first-order valence-electron chi connectivity index (χ1n) is 8.91. The Labute approximate surface area is 167 Å². The summed E-state index contributed by atoms with van der Waals surface area (Å²) in [7, 11) is 0. The highest BCUT2D eigenvalue weighted by Crippen LogP contribution is 2.39. The van der Waals surface area contributed by atoms with E-state index in [0.29, 0.717) is 29.7 Å². The predicted molar refractivity (Wildman–Crippen MR) is 107 cm³/mol. The Bertz CT molecular complexity index is 930. The zero-order valence-electron chi connectivity index (χ0n) is 15.0. The second-order valence-electron chi connectivity index (χ2n) is 6.20. The molecule has 0 atom stereocenters. The maximum absolute atomic E-state index is 6.33. The van der Waals surface area contributed by atoms with Crippen LogP contribution in [0.5, 0.6) is 11.5 Å². The van der Waals surface area contributed by atoms with Crippen molar-refractivity contribution >= 4 is 23.4 Å². The molecule has 0 amide bonds. The molecule has 140 valence electrons. The third kappa shape index (κ3) is 4.06. The molecule has 2 aromatic carbocycles. The van der Waals surface area contributed by atoms with Gasteiger partial charge in [-0.3, -0.25) is 0 Å². The van der Waals surface area contributed by atoms with Crippen molar-refractivity contribution in [2.75, 3.05) is 13.2 Å². The number of thioether (sulfide) groups is 1. The Hall–Kier alpha value is -2.18. The molecule has 5 nitrogen and oxygen atoms in total. The van der Waals surface area contributed by atoms with Crippen LogP contribution in [0.3, 0.4) is 0 Å². The number of aromatic nitrogens is 3. The van der Waals surface area contributed by atoms with Crippen molar-refractivity contribution in [3.05, 3.63) is 64.4 Å². The number of nitrogens with zero attached hydrogens (tertiary/aromatic N) is 3. The topological polar surface area (TPSA) is 49.2 Å². The minimum Gasteiger partial charge on any atom is -0.486 e. The van der Waals surface area contributed by atoms with Gasteiger partial charge in [0, 0.05) is 18.7 Å². The van der Waals surface area contributed by atoms with E-state index in [9.17, 15) is 0 Å². The number of halogens is 1. The number of fused-ring (bicyclic) bond motifs is 1. The summed E-state index contributed by atoms with van der Waals surface area (Å²) in [6.07, 6.45) is 0.776. The number of rotatable bonds is 6. The standard InChI is InChI=1S/C20H20ClN3O2S/c1-2-24-18(12-14-6-4-3-5-7-14)22-23-20(24)27-13-15-10-16(21)19-17(11-15)25-8-9-26-19/h3-7,10-11H,2,8-9,12-13H2,1H3. The molecule has 0 N–H and O–H groups in total. The van der Waals surface area contributed by atoms with E-state index in [1.54, 1.807) is 11.8 Å². The van der Waals surface area contributed by atoms with Crippen molar-refractivity contribution in [3.63, 3.8) is 0 Å². The molecule has 0 spiro atoms. The van der Waals surface area contributed by atoms with Gasteiger partial charge in [0.2, 0.25) is 0 Å². The van der Waals surface area contributed by atoms with Gasteiger partial charge >= 0.3 is 0 Å². The molecule has 7 heteroatoms. The van der Waals surface area contributed by atoms with Gasteiger partial charge in [0.1, 0.15) is 19.0 Å². The summed E-state index contributed by atoms with van der Waals surface area (Å²) in [5.41, 5.74) is 2.30. The van der Waals surface area contributed by atoms with Gasteiger partial charge in [-0.25, -0.2) is 0 Å². The molecule has 0 radical (unpaired) electrons. The van der Waals surface area contributed by atoms with Crippen molar-refractivity contribution in [3.8, 4) is 11.5 Å². The lowest BCUT2D eigenvalue weighted by molar-refractivity contribution is 0.171. The smallest absolute Gasteiger partial charge is 0.191 e. The molecule has 0 aliphatic carbocycles. The lowest BCUT2D eigenvalue weighted by Gasteiger charge is -2.20. The molecule has 3 aromatic rings. The average molecular weight is 402 g/mol. The summed E-state index contributed by atoms with van der Waals surface area (Å²) in [6, 6.07) is 14.3. The fraction of sp³-hybridized carbons (Fsp3) is 0.300. The molecule has 0 fully saturated rings. The van der Waals surface area contributed by atoms with Gasteiger partial charge < -0.3 is 14.0 Å². The molecule has 0 bridgehead atoms. The van der Waals surface area contributed by atoms with Crippen LogP contribution >= 0.6 is 23.4 Å². The maximum atomic E-state index is 6.33. The highest BCUT2D eigenvalue weighted by Gasteiger charge is 2.18. The molecule has 0 saturated heterocycles. The summed E-state index contributed by atoms with van der Waals surface area (Å²) < 4.78 is 13.4. The van der Waals surface area contributed by atoms with E-state index in [4.69, 9.17) is 21.1 Å². The van der Waals surface area contributed by atoms with Crippen molar-refractivity contribution in [1.82, 2.24) is 14.8 Å². The van der Waals surface area contributed by atoms with E-state index in [0.717, 1.165) is 35.3 Å². The van der Waals surface area contributed by atoms with Crippen LogP contribution in [0.2, 0.25) is 5.02 Å². The van der Waals surface area contributed by atoms with Crippen molar-refractivity contribution in [2.24, 2.45) is 0 Å². The molecule has 1 aliphatic heterocycles. The fourth-order valence-corrected chi connectivity index (χ4v) is 4.29. The van der Waals surface area contributed by atoms with E-state index in [-0.39, 0.29) is 0 Å². The Kier molecular flexibility index (Phi) is 5.55. The van der Waals surface area contributed by atoms with Gasteiger partial charge in [-0.05, 0) is 30.2 Å². The Morgan fingerprint density at radius 1 is 1.07 bits per heavy atom. The first-order valence-corrected chi connectivity index (χ1v) is 10.3. The minimum atomic E-state index is 0.532. The minimum absolute atomic E-state index is 0.532. The second kappa shape index (κ2) is 8.23. The van der Waals surface area contributed by atoms with E-state index in [2.05, 4.69) is 33.8 Å². The average Bonchev–Trinajstić information content (AvgIpc) is 3.08. The van der Waals surface area contributed by atoms with Gasteiger partial charge in [0.05, 0.1) is 5.02 Å². The van der Waals surface area contributed by atoms with Crippen LogP contribution < -0.4 is 9.47 Å². The Morgan fingerprint density at radius 3 is 2.70 bits per heavy atom. The quantitative estimate of drug-likeness (QED) is 0.564. The number of ether oxygens (including phenoxy) is 2. The largest absolute Gasteiger partial charge is 0.486 e. The Morgan fingerprint density at radius 2 is 1.89 bits per heavy atom. The third-order valence-corrected chi connectivity index (χ3v) is 5.66. The van der Waals surface area contributed by atoms with Crippen LogP contribution in [0, 0.1) is 0 Å². The monoisotopic (exact) mass is 401 g/mol. The van der Waals surface area contributed by atoms with Crippen LogP contribution in [-0.4, -0.2) is 28.0 Å². The summed E-state index contributed by atoms with van der Waals surface area (Å²) in [5.74, 6) is 3.07. The van der Waals surface area contributed by atoms with Crippen LogP contribution in [-0.2, 0) is 18.7 Å². The fourth-order valence-electron chi connectivity index (χ4n) is 3.05. The number of hydrogen-bond acceptors (Lipinski definition) is 5. The normalized spacial score (nSPS) is 13.0. The summed E-state index contributed by atoms with van der Waals surface area (Å²) in [4.78, 5) is 0. The molecule has 1 aromatic heterocycles. The van der Waals surface area contributed by atoms with Gasteiger partial charge in [0.25, 0.3) is 0 Å². The summed E-state index contributed by atoms with van der Waals surface area (Å²) in [6.45, 7) is 4.03. The molecule has 0 unspecified atom stereocenters. The Balaban J connectivity index is 1.49. The van der Waals surface area contributed by atoms with E-state index in [1.165, 1.54) is 5.56 Å². The van der Waals surface area contributed by atoms with Gasteiger partial charge in [0.15, 0.2) is 16.7 Å². The van der Waals surface area contributed by atoms with E-state index < -0.39 is 0 Å². The van der Waals surface area contributed by atoms with Crippen molar-refractivity contribution in [1.29, 1.82) is 0 Å². The van der Waals surface area contributed by atoms with E-state index >= 15 is 0 Å². The van der Waals surface area contributed by atoms with Crippen LogP contribution in [0.4, 0.5) is 0 Å². The van der Waals surface area contributed by atoms with Crippen LogP contribution in [0.1, 0.15) is 23.9 Å². The van der Waals surface area contributed by atoms with Gasteiger partial charge in [-0.2, -0.15) is 0 Å². The third-order valence-electron chi connectivity index (χ3n) is 4.34.